The van der Waals surface area contributed by atoms with Crippen molar-refractivity contribution in [2.75, 3.05) is 20.2 Å². The molecule has 0 bridgehead atoms. The lowest BCUT2D eigenvalue weighted by atomic mass is 9.95. The number of nitrogens with one attached hydrogen (secondary N) is 1. The average molecular weight is 363 g/mol. The van der Waals surface area contributed by atoms with E-state index in [0.29, 0.717) is 17.5 Å². The van der Waals surface area contributed by atoms with Gasteiger partial charge in [-0.05, 0) is 34.5 Å². The first-order valence-electron chi connectivity index (χ1n) is 7.40. The van der Waals surface area contributed by atoms with E-state index in [9.17, 15) is 0 Å². The standard InChI is InChI=1S/C17H19BrN2O2/c1-21-15-9-14(18)11-20-17(15)22-16(13-7-8-19-10-13)12-5-3-2-4-6-12/h2-6,9,11,13,16,19H,7-8,10H2,1H3/t13-,16-/m0/s1. The van der Waals surface area contributed by atoms with Crippen molar-refractivity contribution < 1.29 is 9.47 Å². The van der Waals surface area contributed by atoms with Crippen molar-refractivity contribution in [3.8, 4) is 11.6 Å². The van der Waals surface area contributed by atoms with Gasteiger partial charge in [-0.1, -0.05) is 30.3 Å². The lowest BCUT2D eigenvalue weighted by Gasteiger charge is -2.25. The Morgan fingerprint density at radius 3 is 2.82 bits per heavy atom. The van der Waals surface area contributed by atoms with Gasteiger partial charge in [-0.15, -0.1) is 0 Å². The van der Waals surface area contributed by atoms with Gasteiger partial charge in [-0.25, -0.2) is 4.98 Å². The zero-order chi connectivity index (χ0) is 15.4. The Hall–Kier alpha value is -1.59. The fraction of sp³-hybridized carbons (Fsp3) is 0.353. The molecular weight excluding hydrogens is 344 g/mol. The summed E-state index contributed by atoms with van der Waals surface area (Å²) in [6.07, 6.45) is 2.80. The van der Waals surface area contributed by atoms with Crippen LogP contribution in [0.3, 0.4) is 0 Å². The molecule has 1 aromatic heterocycles. The van der Waals surface area contributed by atoms with E-state index in [1.807, 2.05) is 24.3 Å². The number of rotatable bonds is 5. The summed E-state index contributed by atoms with van der Waals surface area (Å²) in [5, 5.41) is 3.41. The summed E-state index contributed by atoms with van der Waals surface area (Å²) in [6.45, 7) is 1.99. The van der Waals surface area contributed by atoms with E-state index < -0.39 is 0 Å². The summed E-state index contributed by atoms with van der Waals surface area (Å²) >= 11 is 3.41. The molecule has 2 heterocycles. The highest BCUT2D eigenvalue weighted by molar-refractivity contribution is 9.10. The Labute approximate surface area is 139 Å². The van der Waals surface area contributed by atoms with Crippen molar-refractivity contribution in [2.45, 2.75) is 12.5 Å². The molecule has 1 N–H and O–H groups in total. The molecule has 2 aromatic rings. The molecule has 5 heteroatoms. The van der Waals surface area contributed by atoms with E-state index in [-0.39, 0.29) is 6.10 Å². The maximum atomic E-state index is 6.26. The predicted molar refractivity (Wildman–Crippen MR) is 89.3 cm³/mol. The molecule has 1 aliphatic rings. The Bertz CT molecular complexity index is 615. The van der Waals surface area contributed by atoms with E-state index in [0.717, 1.165) is 24.0 Å². The number of methoxy groups -OCH3 is 1. The van der Waals surface area contributed by atoms with Crippen LogP contribution in [0.2, 0.25) is 0 Å². The molecule has 1 aliphatic heterocycles. The summed E-state index contributed by atoms with van der Waals surface area (Å²) < 4.78 is 12.5. The summed E-state index contributed by atoms with van der Waals surface area (Å²) in [6, 6.07) is 12.2. The van der Waals surface area contributed by atoms with Crippen LogP contribution in [-0.4, -0.2) is 25.2 Å². The molecule has 0 spiro atoms. The molecule has 0 unspecified atom stereocenters. The van der Waals surface area contributed by atoms with Gasteiger partial charge in [-0.2, -0.15) is 0 Å². The number of ether oxygens (including phenoxy) is 2. The first-order chi connectivity index (χ1) is 10.8. The van der Waals surface area contributed by atoms with E-state index in [2.05, 4.69) is 38.4 Å². The lowest BCUT2D eigenvalue weighted by Crippen LogP contribution is -2.22. The van der Waals surface area contributed by atoms with Crippen molar-refractivity contribution >= 4 is 15.9 Å². The second-order valence-electron chi connectivity index (χ2n) is 5.36. The third-order valence-electron chi connectivity index (χ3n) is 3.90. The van der Waals surface area contributed by atoms with Crippen LogP contribution in [0.25, 0.3) is 0 Å². The van der Waals surface area contributed by atoms with Crippen molar-refractivity contribution in [3.05, 3.63) is 52.6 Å². The highest BCUT2D eigenvalue weighted by Gasteiger charge is 2.29. The number of nitrogens with zero attached hydrogens (tertiary/aromatic N) is 1. The highest BCUT2D eigenvalue weighted by atomic mass is 79.9. The minimum atomic E-state index is -0.0289. The maximum absolute atomic E-state index is 6.26. The number of pyridine rings is 1. The minimum absolute atomic E-state index is 0.0289. The molecule has 3 rings (SSSR count). The van der Waals surface area contributed by atoms with E-state index in [1.165, 1.54) is 5.56 Å². The summed E-state index contributed by atoms with van der Waals surface area (Å²) in [5.74, 6) is 1.60. The molecule has 0 aliphatic carbocycles. The molecule has 0 amide bonds. The normalized spacial score (nSPS) is 18.9. The minimum Gasteiger partial charge on any atom is -0.491 e. The van der Waals surface area contributed by atoms with Crippen LogP contribution in [0.4, 0.5) is 0 Å². The molecule has 1 saturated heterocycles. The number of benzene rings is 1. The predicted octanol–water partition coefficient (Wildman–Crippen LogP) is 3.58. The smallest absolute Gasteiger partial charge is 0.257 e. The quantitative estimate of drug-likeness (QED) is 0.882. The topological polar surface area (TPSA) is 43.4 Å². The molecule has 0 radical (unpaired) electrons. The van der Waals surface area contributed by atoms with Crippen LogP contribution in [0.5, 0.6) is 11.6 Å². The third-order valence-corrected chi connectivity index (χ3v) is 4.33. The molecule has 22 heavy (non-hydrogen) atoms. The van der Waals surface area contributed by atoms with Gasteiger partial charge in [0.25, 0.3) is 5.88 Å². The lowest BCUT2D eigenvalue weighted by molar-refractivity contribution is 0.132. The summed E-state index contributed by atoms with van der Waals surface area (Å²) in [5.41, 5.74) is 1.17. The van der Waals surface area contributed by atoms with E-state index >= 15 is 0 Å². The first kappa shape index (κ1) is 15.3. The van der Waals surface area contributed by atoms with Crippen LogP contribution in [0.1, 0.15) is 18.1 Å². The number of hydrogen-bond acceptors (Lipinski definition) is 4. The Morgan fingerprint density at radius 1 is 1.32 bits per heavy atom. The van der Waals surface area contributed by atoms with Crippen LogP contribution in [0, 0.1) is 5.92 Å². The van der Waals surface area contributed by atoms with E-state index in [4.69, 9.17) is 9.47 Å². The molecular formula is C17H19BrN2O2. The van der Waals surface area contributed by atoms with Crippen molar-refractivity contribution in [3.63, 3.8) is 0 Å². The molecule has 4 nitrogen and oxygen atoms in total. The van der Waals surface area contributed by atoms with Gasteiger partial charge in [0.15, 0.2) is 5.75 Å². The second-order valence-corrected chi connectivity index (χ2v) is 6.28. The Morgan fingerprint density at radius 2 is 2.14 bits per heavy atom. The number of aromatic nitrogens is 1. The van der Waals surface area contributed by atoms with Gasteiger partial charge in [-0.3, -0.25) is 0 Å². The number of hydrogen-bond donors (Lipinski definition) is 1. The fourth-order valence-electron chi connectivity index (χ4n) is 2.78. The maximum Gasteiger partial charge on any atom is 0.257 e. The van der Waals surface area contributed by atoms with Gasteiger partial charge in [0.1, 0.15) is 6.10 Å². The molecule has 0 saturated carbocycles. The van der Waals surface area contributed by atoms with Crippen LogP contribution in [-0.2, 0) is 0 Å². The largest absolute Gasteiger partial charge is 0.491 e. The Balaban J connectivity index is 1.90. The molecule has 1 aromatic carbocycles. The molecule has 116 valence electrons. The SMILES string of the molecule is COc1cc(Br)cnc1O[C@@H](c1ccccc1)[C@H]1CCNC1. The highest BCUT2D eigenvalue weighted by Crippen LogP contribution is 2.35. The summed E-state index contributed by atoms with van der Waals surface area (Å²) in [7, 11) is 1.63. The zero-order valence-corrected chi connectivity index (χ0v) is 14.0. The van der Waals surface area contributed by atoms with Crippen LogP contribution >= 0.6 is 15.9 Å². The monoisotopic (exact) mass is 362 g/mol. The number of halogens is 1. The first-order valence-corrected chi connectivity index (χ1v) is 8.19. The second kappa shape index (κ2) is 7.11. The van der Waals surface area contributed by atoms with Crippen molar-refractivity contribution in [2.24, 2.45) is 5.92 Å². The van der Waals surface area contributed by atoms with Gasteiger partial charge in [0.2, 0.25) is 0 Å². The Kier molecular flexibility index (Phi) is 4.95. The average Bonchev–Trinajstić information content (AvgIpc) is 3.08. The summed E-state index contributed by atoms with van der Waals surface area (Å²) in [4.78, 5) is 4.37. The van der Waals surface area contributed by atoms with Crippen LogP contribution in [0.15, 0.2) is 47.1 Å². The zero-order valence-electron chi connectivity index (χ0n) is 12.5. The fourth-order valence-corrected chi connectivity index (χ4v) is 3.09. The molecule has 2 atom stereocenters. The van der Waals surface area contributed by atoms with Gasteiger partial charge < -0.3 is 14.8 Å². The van der Waals surface area contributed by atoms with Crippen molar-refractivity contribution in [1.29, 1.82) is 0 Å². The third kappa shape index (κ3) is 3.42. The molecule has 1 fully saturated rings. The van der Waals surface area contributed by atoms with Crippen molar-refractivity contribution in [1.82, 2.24) is 10.3 Å². The van der Waals surface area contributed by atoms with Gasteiger partial charge >= 0.3 is 0 Å². The van der Waals surface area contributed by atoms with E-state index in [1.54, 1.807) is 13.3 Å². The van der Waals surface area contributed by atoms with Gasteiger partial charge in [0.05, 0.1) is 7.11 Å². The van der Waals surface area contributed by atoms with Crippen LogP contribution < -0.4 is 14.8 Å². The van der Waals surface area contributed by atoms with Gasteiger partial charge in [0, 0.05) is 29.2 Å².